The van der Waals surface area contributed by atoms with Crippen molar-refractivity contribution in [2.75, 3.05) is 23.8 Å². The summed E-state index contributed by atoms with van der Waals surface area (Å²) in [6.45, 7) is 3.91. The molecule has 0 bridgehead atoms. The molecule has 0 saturated heterocycles. The van der Waals surface area contributed by atoms with Crippen LogP contribution in [0.2, 0.25) is 0 Å². The Morgan fingerprint density at radius 2 is 1.71 bits per heavy atom. The number of hydrazone groups is 1. The zero-order valence-corrected chi connectivity index (χ0v) is 22.1. The van der Waals surface area contributed by atoms with Gasteiger partial charge in [0, 0.05) is 0 Å². The summed E-state index contributed by atoms with van der Waals surface area (Å²) >= 11 is 0. The second kappa shape index (κ2) is 13.3. The number of hydrogen-bond acceptors (Lipinski definition) is 8. The molecule has 0 aliphatic carbocycles. The van der Waals surface area contributed by atoms with Crippen molar-refractivity contribution in [2.24, 2.45) is 5.10 Å². The second-order valence-electron chi connectivity index (χ2n) is 8.11. The summed E-state index contributed by atoms with van der Waals surface area (Å²) in [5, 5.41) is 6.62. The number of nitrogens with one attached hydrogen (secondary N) is 2. The van der Waals surface area contributed by atoms with E-state index in [1.54, 1.807) is 60.7 Å². The van der Waals surface area contributed by atoms with Gasteiger partial charge in [-0.2, -0.15) is 5.10 Å². The molecule has 2 N–H and O–H groups in total. The van der Waals surface area contributed by atoms with Crippen LogP contribution in [0.5, 0.6) is 11.5 Å². The summed E-state index contributed by atoms with van der Waals surface area (Å²) in [6, 6.07) is 15.6. The smallest absolute Gasteiger partial charge is 0.263 e. The van der Waals surface area contributed by atoms with Gasteiger partial charge in [0.2, 0.25) is 10.0 Å². The first kappa shape index (κ1) is 28.3. The van der Waals surface area contributed by atoms with Crippen molar-refractivity contribution in [1.29, 1.82) is 0 Å². The van der Waals surface area contributed by atoms with Crippen LogP contribution in [-0.4, -0.2) is 52.0 Å². The van der Waals surface area contributed by atoms with Gasteiger partial charge < -0.3 is 19.2 Å². The molecule has 3 rings (SSSR count). The van der Waals surface area contributed by atoms with E-state index in [-0.39, 0.29) is 19.1 Å². The normalized spacial score (nSPS) is 12.1. The predicted octanol–water partition coefficient (Wildman–Crippen LogP) is 2.68. The summed E-state index contributed by atoms with van der Waals surface area (Å²) in [7, 11) is -3.76. The molecule has 11 nitrogen and oxygen atoms in total. The van der Waals surface area contributed by atoms with Gasteiger partial charge in [-0.3, -0.25) is 13.9 Å². The number of carbonyl (C=O) groups is 2. The molecule has 2 aromatic carbocycles. The van der Waals surface area contributed by atoms with Gasteiger partial charge >= 0.3 is 0 Å². The lowest BCUT2D eigenvalue weighted by molar-refractivity contribution is -0.123. The van der Waals surface area contributed by atoms with Crippen LogP contribution >= 0.6 is 0 Å². The van der Waals surface area contributed by atoms with E-state index in [2.05, 4.69) is 15.8 Å². The lowest BCUT2D eigenvalue weighted by Gasteiger charge is -2.27. The Bertz CT molecular complexity index is 1320. The molecule has 12 heteroatoms. The number of rotatable bonds is 13. The summed E-state index contributed by atoms with van der Waals surface area (Å²) < 4.78 is 41.9. The van der Waals surface area contributed by atoms with Gasteiger partial charge in [0.1, 0.15) is 23.3 Å². The molecule has 1 aromatic heterocycles. The fourth-order valence-corrected chi connectivity index (χ4v) is 4.55. The van der Waals surface area contributed by atoms with Crippen molar-refractivity contribution >= 4 is 33.7 Å². The van der Waals surface area contributed by atoms with E-state index in [1.807, 2.05) is 6.92 Å². The number of anilines is 1. The van der Waals surface area contributed by atoms with Crippen LogP contribution < -0.4 is 24.5 Å². The molecule has 1 heterocycles. The van der Waals surface area contributed by atoms with E-state index >= 15 is 0 Å². The highest BCUT2D eigenvalue weighted by Crippen LogP contribution is 2.24. The number of furan rings is 1. The van der Waals surface area contributed by atoms with Gasteiger partial charge in [-0.1, -0.05) is 0 Å². The summed E-state index contributed by atoms with van der Waals surface area (Å²) in [5.41, 5.74) is 3.35. The second-order valence-corrected chi connectivity index (χ2v) is 9.97. The molecule has 0 aliphatic heterocycles. The molecular formula is C26H30N4O7S. The van der Waals surface area contributed by atoms with Crippen molar-refractivity contribution in [1.82, 2.24) is 10.7 Å². The number of benzene rings is 2. The van der Waals surface area contributed by atoms with E-state index in [1.165, 1.54) is 19.4 Å². The first-order chi connectivity index (χ1) is 18.2. The maximum Gasteiger partial charge on any atom is 0.263 e. The van der Waals surface area contributed by atoms with E-state index in [4.69, 9.17) is 13.9 Å². The highest BCUT2D eigenvalue weighted by molar-refractivity contribution is 7.92. The van der Waals surface area contributed by atoms with Crippen LogP contribution in [0.1, 0.15) is 25.2 Å². The third kappa shape index (κ3) is 8.37. The Labute approximate surface area is 221 Å². The van der Waals surface area contributed by atoms with Crippen LogP contribution in [0.3, 0.4) is 0 Å². The van der Waals surface area contributed by atoms with Gasteiger partial charge in [0.05, 0.1) is 37.6 Å². The van der Waals surface area contributed by atoms with Gasteiger partial charge in [0.25, 0.3) is 11.8 Å². The fourth-order valence-electron chi connectivity index (χ4n) is 3.38. The number of ether oxygens (including phenoxy) is 2. The summed E-state index contributed by atoms with van der Waals surface area (Å²) in [6.07, 6.45) is 3.97. The number of amides is 2. The van der Waals surface area contributed by atoms with Gasteiger partial charge in [-0.15, -0.1) is 0 Å². The van der Waals surface area contributed by atoms with E-state index in [9.17, 15) is 18.0 Å². The highest BCUT2D eigenvalue weighted by Gasteiger charge is 2.29. The van der Waals surface area contributed by atoms with Crippen LogP contribution in [0, 0.1) is 0 Å². The average Bonchev–Trinajstić information content (AvgIpc) is 3.41. The largest absolute Gasteiger partial charge is 0.494 e. The molecule has 3 aromatic rings. The minimum atomic E-state index is -3.76. The zero-order valence-electron chi connectivity index (χ0n) is 21.3. The first-order valence-corrected chi connectivity index (χ1v) is 13.6. The Hall–Kier alpha value is -4.32. The predicted molar refractivity (Wildman–Crippen MR) is 143 cm³/mol. The minimum absolute atomic E-state index is 0.159. The number of carbonyl (C=O) groups excluding carboxylic acids is 2. The van der Waals surface area contributed by atoms with E-state index < -0.39 is 22.0 Å². The Morgan fingerprint density at radius 3 is 2.32 bits per heavy atom. The van der Waals surface area contributed by atoms with E-state index in [0.29, 0.717) is 35.1 Å². The van der Waals surface area contributed by atoms with Crippen molar-refractivity contribution in [3.8, 4) is 11.5 Å². The topological polar surface area (TPSA) is 140 Å². The van der Waals surface area contributed by atoms with Crippen LogP contribution in [-0.2, 0) is 26.2 Å². The molecule has 202 valence electrons. The standard InChI is InChI=1S/C26H30N4O7S/c1-4-35-22-13-9-21(10-14-22)30(38(3,33)34)19(2)26(32)29-28-16-20-7-11-23(12-8-20)37-18-25(31)27-17-24-6-5-15-36-24/h5-16,19H,4,17-18H2,1-3H3,(H,27,31)(H,29,32)/b28-16-/t19-/m1/s1. The average molecular weight is 543 g/mol. The Kier molecular flexibility index (Phi) is 9.88. The molecule has 2 amide bonds. The maximum atomic E-state index is 12.7. The van der Waals surface area contributed by atoms with Gasteiger partial charge in [-0.05, 0) is 80.1 Å². The number of nitrogens with zero attached hydrogens (tertiary/aromatic N) is 2. The molecule has 0 fully saturated rings. The van der Waals surface area contributed by atoms with Crippen LogP contribution in [0.4, 0.5) is 5.69 Å². The van der Waals surface area contributed by atoms with Gasteiger partial charge in [-0.25, -0.2) is 13.8 Å². The molecule has 0 unspecified atom stereocenters. The van der Waals surface area contributed by atoms with Crippen molar-refractivity contribution in [3.05, 3.63) is 78.3 Å². The first-order valence-electron chi connectivity index (χ1n) is 11.7. The van der Waals surface area contributed by atoms with Crippen LogP contribution in [0.25, 0.3) is 0 Å². The number of sulfonamides is 1. The van der Waals surface area contributed by atoms with Crippen molar-refractivity contribution in [2.45, 2.75) is 26.4 Å². The SMILES string of the molecule is CCOc1ccc(N([C@H](C)C(=O)N/N=C\c2ccc(OCC(=O)NCc3ccco3)cc2)S(C)(=O)=O)cc1. The Balaban J connectivity index is 1.52. The van der Waals surface area contributed by atoms with Crippen molar-refractivity contribution in [3.63, 3.8) is 0 Å². The molecule has 1 atom stereocenters. The number of hydrogen-bond donors (Lipinski definition) is 2. The van der Waals surface area contributed by atoms with Crippen LogP contribution in [0.15, 0.2) is 76.4 Å². The molecule has 38 heavy (non-hydrogen) atoms. The molecule has 0 radical (unpaired) electrons. The van der Waals surface area contributed by atoms with Gasteiger partial charge in [0.15, 0.2) is 6.61 Å². The van der Waals surface area contributed by atoms with E-state index in [0.717, 1.165) is 10.6 Å². The van der Waals surface area contributed by atoms with Crippen molar-refractivity contribution < 1.29 is 31.9 Å². The summed E-state index contributed by atoms with van der Waals surface area (Å²) in [5.74, 6) is 0.810. The molecule has 0 aliphatic rings. The Morgan fingerprint density at radius 1 is 1.05 bits per heavy atom. The monoisotopic (exact) mass is 542 g/mol. The zero-order chi connectivity index (χ0) is 27.5. The quantitative estimate of drug-likeness (QED) is 0.250. The lowest BCUT2D eigenvalue weighted by Crippen LogP contribution is -2.46. The third-order valence-corrected chi connectivity index (χ3v) is 6.41. The molecule has 0 spiro atoms. The lowest BCUT2D eigenvalue weighted by atomic mass is 10.2. The molecular weight excluding hydrogens is 512 g/mol. The summed E-state index contributed by atoms with van der Waals surface area (Å²) in [4.78, 5) is 24.6. The fraction of sp³-hybridized carbons (Fsp3) is 0.269. The minimum Gasteiger partial charge on any atom is -0.494 e. The highest BCUT2D eigenvalue weighted by atomic mass is 32.2. The maximum absolute atomic E-state index is 12.7. The molecule has 0 saturated carbocycles. The third-order valence-electron chi connectivity index (χ3n) is 5.17.